The number of morpholine rings is 1. The molecule has 0 bridgehead atoms. The van der Waals surface area contributed by atoms with Gasteiger partial charge in [-0.3, -0.25) is 4.90 Å². The van der Waals surface area contributed by atoms with Gasteiger partial charge in [-0.25, -0.2) is 9.97 Å². The number of rotatable bonds is 6. The maximum atomic E-state index is 5.93. The standard InChI is InChI=1S/C19H27N5O2/c1-15-4-5-17(26-15)16(23-6-2-3-7-23)13-20-18-12-19(22-14-21-18)24-8-10-25-11-9-24/h4-5,12,14,16H,2-3,6-11,13H2,1H3,(H,20,21,22). The Morgan fingerprint density at radius 3 is 2.65 bits per heavy atom. The Labute approximate surface area is 154 Å². The van der Waals surface area contributed by atoms with Gasteiger partial charge in [0.1, 0.15) is 29.5 Å². The molecule has 0 aromatic carbocycles. The Hall–Kier alpha value is -2.12. The van der Waals surface area contributed by atoms with Crippen LogP contribution in [0, 0.1) is 6.92 Å². The van der Waals surface area contributed by atoms with E-state index >= 15 is 0 Å². The summed E-state index contributed by atoms with van der Waals surface area (Å²) in [6.45, 7) is 8.26. The highest BCUT2D eigenvalue weighted by Crippen LogP contribution is 2.27. The van der Waals surface area contributed by atoms with Gasteiger partial charge >= 0.3 is 0 Å². The number of nitrogens with one attached hydrogen (secondary N) is 1. The molecule has 2 aliphatic heterocycles. The van der Waals surface area contributed by atoms with Gasteiger partial charge in [-0.05, 0) is 45.0 Å². The number of likely N-dealkylation sites (tertiary alicyclic amines) is 1. The fourth-order valence-corrected chi connectivity index (χ4v) is 3.71. The minimum absolute atomic E-state index is 0.230. The molecule has 2 aromatic rings. The number of nitrogens with zero attached hydrogens (tertiary/aromatic N) is 4. The van der Waals surface area contributed by atoms with Crippen LogP contribution >= 0.6 is 0 Å². The lowest BCUT2D eigenvalue weighted by Crippen LogP contribution is -2.36. The fourth-order valence-electron chi connectivity index (χ4n) is 3.71. The van der Waals surface area contributed by atoms with Gasteiger partial charge in [0.15, 0.2) is 0 Å². The molecule has 0 spiro atoms. The molecule has 2 fully saturated rings. The zero-order valence-corrected chi connectivity index (χ0v) is 15.4. The fraction of sp³-hybridized carbons (Fsp3) is 0.579. The SMILES string of the molecule is Cc1ccc(C(CNc2cc(N3CCOCC3)ncn2)N2CCCC2)o1. The predicted molar refractivity (Wildman–Crippen MR) is 101 cm³/mol. The highest BCUT2D eigenvalue weighted by molar-refractivity contribution is 5.48. The van der Waals surface area contributed by atoms with Crippen molar-refractivity contribution in [2.45, 2.75) is 25.8 Å². The minimum atomic E-state index is 0.230. The summed E-state index contributed by atoms with van der Waals surface area (Å²) in [6, 6.07) is 6.39. The largest absolute Gasteiger partial charge is 0.465 e. The lowest BCUT2D eigenvalue weighted by molar-refractivity contribution is 0.122. The number of ether oxygens (including phenoxy) is 1. The molecule has 140 valence electrons. The van der Waals surface area contributed by atoms with Gasteiger partial charge in [-0.2, -0.15) is 0 Å². The molecule has 0 saturated carbocycles. The molecule has 1 atom stereocenters. The molecular formula is C19H27N5O2. The van der Waals surface area contributed by atoms with E-state index in [9.17, 15) is 0 Å². The quantitative estimate of drug-likeness (QED) is 0.852. The zero-order chi connectivity index (χ0) is 17.8. The first-order valence-corrected chi connectivity index (χ1v) is 9.48. The van der Waals surface area contributed by atoms with Gasteiger partial charge in [0.25, 0.3) is 0 Å². The molecule has 7 nitrogen and oxygen atoms in total. The van der Waals surface area contributed by atoms with Crippen molar-refractivity contribution < 1.29 is 9.15 Å². The van der Waals surface area contributed by atoms with Crippen molar-refractivity contribution in [3.8, 4) is 0 Å². The van der Waals surface area contributed by atoms with E-state index in [0.29, 0.717) is 0 Å². The van der Waals surface area contributed by atoms with Crippen LogP contribution in [0.2, 0.25) is 0 Å². The van der Waals surface area contributed by atoms with E-state index in [-0.39, 0.29) is 6.04 Å². The van der Waals surface area contributed by atoms with E-state index in [1.165, 1.54) is 12.8 Å². The first-order chi connectivity index (χ1) is 12.8. The van der Waals surface area contributed by atoms with Crippen molar-refractivity contribution in [3.05, 3.63) is 36.0 Å². The second-order valence-corrected chi connectivity index (χ2v) is 6.95. The Morgan fingerprint density at radius 1 is 1.12 bits per heavy atom. The number of aryl methyl sites for hydroxylation is 1. The van der Waals surface area contributed by atoms with Crippen molar-refractivity contribution in [1.29, 1.82) is 0 Å². The maximum absolute atomic E-state index is 5.93. The summed E-state index contributed by atoms with van der Waals surface area (Å²) in [7, 11) is 0. The summed E-state index contributed by atoms with van der Waals surface area (Å²) in [5, 5.41) is 3.50. The van der Waals surface area contributed by atoms with Crippen LogP contribution in [0.4, 0.5) is 11.6 Å². The number of hydrogen-bond donors (Lipinski definition) is 1. The average Bonchev–Trinajstić information content (AvgIpc) is 3.36. The van der Waals surface area contributed by atoms with Crippen LogP contribution in [0.3, 0.4) is 0 Å². The summed E-state index contributed by atoms with van der Waals surface area (Å²) in [5.41, 5.74) is 0. The van der Waals surface area contributed by atoms with Crippen LogP contribution in [-0.4, -0.2) is 60.8 Å². The van der Waals surface area contributed by atoms with Crippen LogP contribution in [0.1, 0.15) is 30.4 Å². The minimum Gasteiger partial charge on any atom is -0.465 e. The van der Waals surface area contributed by atoms with Gasteiger partial charge in [0, 0.05) is 25.7 Å². The maximum Gasteiger partial charge on any atom is 0.134 e. The third kappa shape index (κ3) is 3.99. The van der Waals surface area contributed by atoms with Crippen molar-refractivity contribution in [1.82, 2.24) is 14.9 Å². The molecule has 4 heterocycles. The van der Waals surface area contributed by atoms with Crippen molar-refractivity contribution in [3.63, 3.8) is 0 Å². The van der Waals surface area contributed by atoms with E-state index in [2.05, 4.69) is 31.2 Å². The second kappa shape index (κ2) is 8.05. The average molecular weight is 357 g/mol. The second-order valence-electron chi connectivity index (χ2n) is 6.95. The molecule has 26 heavy (non-hydrogen) atoms. The number of anilines is 2. The summed E-state index contributed by atoms with van der Waals surface area (Å²) in [4.78, 5) is 13.6. The van der Waals surface area contributed by atoms with E-state index < -0.39 is 0 Å². The van der Waals surface area contributed by atoms with Gasteiger partial charge in [-0.1, -0.05) is 0 Å². The highest BCUT2D eigenvalue weighted by atomic mass is 16.5. The molecule has 4 rings (SSSR count). The van der Waals surface area contributed by atoms with Crippen LogP contribution in [0.15, 0.2) is 28.9 Å². The molecule has 2 aromatic heterocycles. The molecule has 7 heteroatoms. The summed E-state index contributed by atoms with van der Waals surface area (Å²) >= 11 is 0. The summed E-state index contributed by atoms with van der Waals surface area (Å²) in [5.74, 6) is 3.80. The van der Waals surface area contributed by atoms with Crippen molar-refractivity contribution in [2.75, 3.05) is 56.2 Å². The Kier molecular flexibility index (Phi) is 5.36. The summed E-state index contributed by atoms with van der Waals surface area (Å²) in [6.07, 6.45) is 4.14. The third-order valence-electron chi connectivity index (χ3n) is 5.14. The molecule has 1 unspecified atom stereocenters. The zero-order valence-electron chi connectivity index (χ0n) is 15.4. The van der Waals surface area contributed by atoms with E-state index in [0.717, 1.165) is 69.1 Å². The monoisotopic (exact) mass is 357 g/mol. The van der Waals surface area contributed by atoms with Crippen LogP contribution in [0.25, 0.3) is 0 Å². The molecule has 0 amide bonds. The predicted octanol–water partition coefficient (Wildman–Crippen LogP) is 2.46. The number of aromatic nitrogens is 2. The van der Waals surface area contributed by atoms with Crippen LogP contribution in [0.5, 0.6) is 0 Å². The van der Waals surface area contributed by atoms with Gasteiger partial charge in [0.2, 0.25) is 0 Å². The highest BCUT2D eigenvalue weighted by Gasteiger charge is 2.26. The van der Waals surface area contributed by atoms with Crippen molar-refractivity contribution >= 4 is 11.6 Å². The molecule has 1 N–H and O–H groups in total. The topological polar surface area (TPSA) is 66.7 Å². The summed E-state index contributed by atoms with van der Waals surface area (Å²) < 4.78 is 11.4. The molecule has 2 aliphatic rings. The Morgan fingerprint density at radius 2 is 1.92 bits per heavy atom. The Balaban J connectivity index is 1.45. The lowest BCUT2D eigenvalue weighted by atomic mass is 10.2. The molecular weight excluding hydrogens is 330 g/mol. The Bertz CT molecular complexity index is 707. The van der Waals surface area contributed by atoms with E-state index in [4.69, 9.17) is 9.15 Å². The van der Waals surface area contributed by atoms with E-state index in [1.807, 2.05) is 19.1 Å². The van der Waals surface area contributed by atoms with E-state index in [1.54, 1.807) is 6.33 Å². The number of furan rings is 1. The normalized spacial score (nSPS) is 19.7. The number of hydrogen-bond acceptors (Lipinski definition) is 7. The molecule has 2 saturated heterocycles. The first kappa shape index (κ1) is 17.3. The first-order valence-electron chi connectivity index (χ1n) is 9.48. The molecule has 0 aliphatic carbocycles. The van der Waals surface area contributed by atoms with Gasteiger partial charge < -0.3 is 19.4 Å². The molecule has 0 radical (unpaired) electrons. The third-order valence-corrected chi connectivity index (χ3v) is 5.14. The van der Waals surface area contributed by atoms with Crippen LogP contribution in [-0.2, 0) is 4.74 Å². The smallest absolute Gasteiger partial charge is 0.134 e. The van der Waals surface area contributed by atoms with Crippen molar-refractivity contribution in [2.24, 2.45) is 0 Å². The van der Waals surface area contributed by atoms with Crippen LogP contribution < -0.4 is 10.2 Å². The van der Waals surface area contributed by atoms with Gasteiger partial charge in [-0.15, -0.1) is 0 Å². The van der Waals surface area contributed by atoms with Gasteiger partial charge in [0.05, 0.1) is 19.3 Å². The lowest BCUT2D eigenvalue weighted by Gasteiger charge is -2.28.